The molecule has 0 bridgehead atoms. The van der Waals surface area contributed by atoms with Gasteiger partial charge in [0.25, 0.3) is 5.91 Å². The molecule has 13 nitrogen and oxygen atoms in total. The molecular weight excluding hydrogens is 476 g/mol. The van der Waals surface area contributed by atoms with Crippen molar-refractivity contribution >= 4 is 29.0 Å². The molecule has 1 aromatic carbocycles. The number of amides is 1. The van der Waals surface area contributed by atoms with Crippen LogP contribution in [0.4, 0.5) is 23.1 Å². The van der Waals surface area contributed by atoms with E-state index in [1.165, 1.54) is 13.3 Å². The quantitative estimate of drug-likeness (QED) is 0.325. The second-order valence-corrected chi connectivity index (χ2v) is 8.34. The first kappa shape index (κ1) is 20.7. The molecule has 1 amide bonds. The number of nitrogens with one attached hydrogen (secondary N) is 3. The highest BCUT2D eigenvalue weighted by atomic mass is 16.5. The van der Waals surface area contributed by atoms with Crippen molar-refractivity contribution in [2.24, 2.45) is 7.05 Å². The highest BCUT2D eigenvalue weighted by Crippen LogP contribution is 2.36. The summed E-state index contributed by atoms with van der Waals surface area (Å²) in [4.78, 5) is 25.9. The molecule has 1 aliphatic rings. The first-order valence-corrected chi connectivity index (χ1v) is 11.6. The number of ether oxygens (including phenoxy) is 2. The van der Waals surface area contributed by atoms with Gasteiger partial charge in [0, 0.05) is 43.7 Å². The molecule has 0 unspecified atom stereocenters. The average Bonchev–Trinajstić information content (AvgIpc) is 3.57. The van der Waals surface area contributed by atoms with Gasteiger partial charge in [0.15, 0.2) is 11.6 Å². The summed E-state index contributed by atoms with van der Waals surface area (Å²) in [5.74, 6) is 0.195. The van der Waals surface area contributed by atoms with E-state index >= 15 is 0 Å². The van der Waals surface area contributed by atoms with Crippen LogP contribution in [0.25, 0.3) is 11.4 Å². The monoisotopic (exact) mass is 507 g/mol. The van der Waals surface area contributed by atoms with Crippen LogP contribution >= 0.6 is 0 Å². The fourth-order valence-corrected chi connectivity index (χ4v) is 4.07. The number of carbonyl (C=O) groups excluding carboxylic acids is 1. The summed E-state index contributed by atoms with van der Waals surface area (Å²) in [6.07, 6.45) is 8.07. The van der Waals surface area contributed by atoms with E-state index in [4.69, 9.17) is 13.6 Å². The first-order chi connectivity index (χ1) is 19.2. The number of rotatable bonds is 8. The highest BCUT2D eigenvalue weighted by Gasteiger charge is 2.20. The highest BCUT2D eigenvalue weighted by molar-refractivity contribution is 5.99. The van der Waals surface area contributed by atoms with Crippen LogP contribution < -0.4 is 20.7 Å². The largest absolute Gasteiger partial charge is 0.494 e. The summed E-state index contributed by atoms with van der Waals surface area (Å²) in [6, 6.07) is 5.53. The number of hydrogen-bond acceptors (Lipinski definition) is 10. The Morgan fingerprint density at radius 2 is 2.08 bits per heavy atom. The van der Waals surface area contributed by atoms with Crippen molar-refractivity contribution < 1.29 is 18.4 Å². The van der Waals surface area contributed by atoms with Gasteiger partial charge in [-0.1, -0.05) is 6.07 Å². The molecule has 4 heterocycles. The zero-order valence-electron chi connectivity index (χ0n) is 23.3. The minimum absolute atomic E-state index is 0.0560. The molecule has 192 valence electrons. The van der Waals surface area contributed by atoms with E-state index in [1.54, 1.807) is 42.5 Å². The van der Waals surface area contributed by atoms with Crippen molar-refractivity contribution in [3.8, 4) is 17.1 Å². The Morgan fingerprint density at radius 3 is 2.84 bits per heavy atom. The maximum absolute atomic E-state index is 12.9. The van der Waals surface area contributed by atoms with E-state index in [0.717, 1.165) is 12.8 Å². The molecule has 4 aromatic rings. The molecule has 1 aliphatic heterocycles. The van der Waals surface area contributed by atoms with Crippen LogP contribution in [0.3, 0.4) is 0 Å². The van der Waals surface area contributed by atoms with E-state index in [0.29, 0.717) is 41.7 Å². The third kappa shape index (κ3) is 5.21. The molecule has 0 aliphatic carbocycles. The Bertz CT molecular complexity index is 1500. The molecular formula is C24H28N10O3. The third-order valence-corrected chi connectivity index (χ3v) is 5.88. The van der Waals surface area contributed by atoms with Gasteiger partial charge in [-0.2, -0.15) is 15.2 Å². The van der Waals surface area contributed by atoms with Gasteiger partial charge in [-0.15, -0.1) is 0 Å². The molecule has 5 rings (SSSR count). The van der Waals surface area contributed by atoms with Crippen molar-refractivity contribution in [1.29, 1.82) is 0 Å². The number of benzene rings is 1. The topological polar surface area (TPSA) is 146 Å². The van der Waals surface area contributed by atoms with Gasteiger partial charge in [0.05, 0.1) is 36.3 Å². The summed E-state index contributed by atoms with van der Waals surface area (Å²) in [6.45, 7) is -1.33. The standard InChI is InChI=1S/C24H28N10O3/c1-25-23(35)18-12-26-24(29-15-11-28-34(13-15)16-7-9-37-10-8-16)31-22(18)30-19-6-4-5-17(20(19)36-3)21-27-14-33(2)32-21/h4-6,11-14,16H,7-10H2,1-3H3,(H,25,35)(H2,26,29,30,31)/i1D3. The van der Waals surface area contributed by atoms with Gasteiger partial charge < -0.3 is 25.4 Å². The van der Waals surface area contributed by atoms with Crippen LogP contribution in [-0.4, -0.2) is 67.7 Å². The summed E-state index contributed by atoms with van der Waals surface area (Å²) in [5, 5.41) is 17.0. The number of carbonyl (C=O) groups is 1. The van der Waals surface area contributed by atoms with Crippen LogP contribution in [0, 0.1) is 0 Å². The van der Waals surface area contributed by atoms with Crippen molar-refractivity contribution in [3.05, 3.63) is 48.7 Å². The normalized spacial score (nSPS) is 15.4. The molecule has 0 spiro atoms. The third-order valence-electron chi connectivity index (χ3n) is 5.88. The lowest BCUT2D eigenvalue weighted by atomic mass is 10.1. The van der Waals surface area contributed by atoms with E-state index in [2.05, 4.69) is 35.8 Å². The van der Waals surface area contributed by atoms with Gasteiger partial charge in [-0.25, -0.2) is 9.97 Å². The maximum atomic E-state index is 12.9. The second kappa shape index (κ2) is 10.6. The fourth-order valence-electron chi connectivity index (χ4n) is 4.07. The van der Waals surface area contributed by atoms with Crippen LogP contribution in [-0.2, 0) is 11.8 Å². The number of methoxy groups -OCH3 is 1. The van der Waals surface area contributed by atoms with Gasteiger partial charge in [-0.05, 0) is 25.0 Å². The molecule has 3 aromatic heterocycles. The average molecular weight is 508 g/mol. The first-order valence-electron chi connectivity index (χ1n) is 13.1. The Balaban J connectivity index is 1.47. The molecule has 0 atom stereocenters. The van der Waals surface area contributed by atoms with Crippen molar-refractivity contribution in [1.82, 2.24) is 39.8 Å². The Morgan fingerprint density at radius 1 is 1.22 bits per heavy atom. The number of anilines is 4. The second-order valence-electron chi connectivity index (χ2n) is 8.34. The summed E-state index contributed by atoms with van der Waals surface area (Å²) in [7, 11) is 3.25. The van der Waals surface area contributed by atoms with Crippen LogP contribution in [0.5, 0.6) is 5.75 Å². The molecule has 1 fully saturated rings. The minimum Gasteiger partial charge on any atom is -0.494 e. The lowest BCUT2D eigenvalue weighted by Gasteiger charge is -2.22. The van der Waals surface area contributed by atoms with Gasteiger partial charge in [0.1, 0.15) is 17.7 Å². The van der Waals surface area contributed by atoms with Gasteiger partial charge >= 0.3 is 0 Å². The lowest BCUT2D eigenvalue weighted by molar-refractivity contribution is 0.0662. The Labute approximate surface area is 217 Å². The summed E-state index contributed by atoms with van der Waals surface area (Å²) in [5.41, 5.74) is 1.63. The smallest absolute Gasteiger partial charge is 0.256 e. The molecule has 0 saturated carbocycles. The van der Waals surface area contributed by atoms with E-state index in [9.17, 15) is 4.79 Å². The van der Waals surface area contributed by atoms with Crippen molar-refractivity contribution in [2.75, 3.05) is 37.9 Å². The predicted molar refractivity (Wildman–Crippen MR) is 136 cm³/mol. The van der Waals surface area contributed by atoms with E-state index in [-0.39, 0.29) is 23.4 Å². The van der Waals surface area contributed by atoms with Crippen molar-refractivity contribution in [3.63, 3.8) is 0 Å². The number of nitrogens with zero attached hydrogens (tertiary/aromatic N) is 7. The number of para-hydroxylation sites is 1. The van der Waals surface area contributed by atoms with Crippen molar-refractivity contribution in [2.45, 2.75) is 18.9 Å². The molecule has 3 N–H and O–H groups in total. The fraction of sp³-hybridized carbons (Fsp3) is 0.333. The molecule has 0 radical (unpaired) electrons. The number of hydrogen-bond donors (Lipinski definition) is 3. The summed E-state index contributed by atoms with van der Waals surface area (Å²) < 4.78 is 36.9. The minimum atomic E-state index is -2.70. The van der Waals surface area contributed by atoms with E-state index < -0.39 is 12.9 Å². The number of aromatic nitrogens is 7. The molecule has 13 heteroatoms. The van der Waals surface area contributed by atoms with Gasteiger partial charge in [0.2, 0.25) is 5.95 Å². The predicted octanol–water partition coefficient (Wildman–Crippen LogP) is 2.68. The maximum Gasteiger partial charge on any atom is 0.256 e. The zero-order chi connectivity index (χ0) is 28.3. The van der Waals surface area contributed by atoms with E-state index in [1.807, 2.05) is 16.2 Å². The lowest BCUT2D eigenvalue weighted by Crippen LogP contribution is -2.20. The van der Waals surface area contributed by atoms with Crippen LogP contribution in [0.1, 0.15) is 33.4 Å². The zero-order valence-corrected chi connectivity index (χ0v) is 20.3. The number of aryl methyl sites for hydroxylation is 1. The SMILES string of the molecule is [2H]C([2H])([2H])NC(=O)c1cnc(Nc2cnn(C3CCOCC3)c2)nc1Nc1cccc(-c2ncn(C)n2)c1OC. The van der Waals surface area contributed by atoms with Crippen LogP contribution in [0.2, 0.25) is 0 Å². The Kier molecular flexibility index (Phi) is 5.93. The summed E-state index contributed by atoms with van der Waals surface area (Å²) >= 11 is 0. The van der Waals surface area contributed by atoms with Crippen LogP contribution in [0.15, 0.2) is 43.1 Å². The molecule has 1 saturated heterocycles. The van der Waals surface area contributed by atoms with Gasteiger partial charge in [-0.3, -0.25) is 14.2 Å². The molecule has 37 heavy (non-hydrogen) atoms. The Hall–Kier alpha value is -4.52.